The molecule has 0 atom stereocenters. The molecule has 0 spiro atoms. The molecule has 0 saturated heterocycles. The highest BCUT2D eigenvalue weighted by Gasteiger charge is 2.18. The van der Waals surface area contributed by atoms with Crippen LogP contribution in [0.5, 0.6) is 5.75 Å². The maximum Gasteiger partial charge on any atom is 0.295 e. The summed E-state index contributed by atoms with van der Waals surface area (Å²) < 4.78 is 32.0. The molecule has 5 heteroatoms. The minimum absolute atomic E-state index is 0.00454. The van der Waals surface area contributed by atoms with Crippen LogP contribution in [0, 0.1) is 13.8 Å². The summed E-state index contributed by atoms with van der Waals surface area (Å²) in [6.45, 7) is 3.34. The molecule has 0 radical (unpaired) electrons. The molecule has 17 heavy (non-hydrogen) atoms. The zero-order valence-corrected chi connectivity index (χ0v) is 10.2. The second kappa shape index (κ2) is 3.72. The molecule has 0 saturated carbocycles. The van der Waals surface area contributed by atoms with E-state index in [1.54, 1.807) is 38.1 Å². The number of phenolic OH excluding ortho intramolecular Hbond substituents is 1. The number of rotatable bonds is 1. The Kier molecular flexibility index (Phi) is 2.60. The SMILES string of the molecule is Cc1cc(O)c2ccc(C)c(S(=O)(=O)O)c2c1. The molecule has 0 aliphatic rings. The van der Waals surface area contributed by atoms with Gasteiger partial charge in [-0.2, -0.15) is 8.42 Å². The lowest BCUT2D eigenvalue weighted by atomic mass is 10.0. The van der Waals surface area contributed by atoms with Crippen molar-refractivity contribution in [2.24, 2.45) is 0 Å². The summed E-state index contributed by atoms with van der Waals surface area (Å²) in [6, 6.07) is 6.37. The van der Waals surface area contributed by atoms with Gasteiger partial charge in [0.1, 0.15) is 10.6 Å². The van der Waals surface area contributed by atoms with Gasteiger partial charge in [-0.3, -0.25) is 4.55 Å². The summed E-state index contributed by atoms with van der Waals surface area (Å²) in [6.07, 6.45) is 0. The van der Waals surface area contributed by atoms with Crippen molar-refractivity contribution in [3.05, 3.63) is 35.4 Å². The van der Waals surface area contributed by atoms with Crippen LogP contribution in [0.2, 0.25) is 0 Å². The number of benzene rings is 2. The molecule has 0 bridgehead atoms. The normalized spacial score (nSPS) is 11.9. The van der Waals surface area contributed by atoms with Crippen LogP contribution < -0.4 is 0 Å². The molecule has 0 amide bonds. The number of hydrogen-bond donors (Lipinski definition) is 2. The topological polar surface area (TPSA) is 74.6 Å². The molecule has 0 fully saturated rings. The van der Waals surface area contributed by atoms with E-state index in [0.29, 0.717) is 16.3 Å². The minimum atomic E-state index is -4.30. The van der Waals surface area contributed by atoms with Gasteiger partial charge in [0.2, 0.25) is 0 Å². The van der Waals surface area contributed by atoms with Gasteiger partial charge in [-0.05, 0) is 37.1 Å². The Morgan fingerprint density at radius 3 is 2.29 bits per heavy atom. The quantitative estimate of drug-likeness (QED) is 0.764. The molecular formula is C12H12O4S. The lowest BCUT2D eigenvalue weighted by Gasteiger charge is -2.09. The van der Waals surface area contributed by atoms with Crippen LogP contribution >= 0.6 is 0 Å². The lowest BCUT2D eigenvalue weighted by molar-refractivity contribution is 0.481. The molecule has 0 aromatic heterocycles. The third-order valence-corrected chi connectivity index (χ3v) is 3.72. The van der Waals surface area contributed by atoms with E-state index in [4.69, 9.17) is 0 Å². The summed E-state index contributed by atoms with van der Waals surface area (Å²) in [5.74, 6) is 0.00454. The molecule has 2 aromatic rings. The molecule has 2 aromatic carbocycles. The van der Waals surface area contributed by atoms with Gasteiger partial charge in [-0.15, -0.1) is 0 Å². The minimum Gasteiger partial charge on any atom is -0.507 e. The highest BCUT2D eigenvalue weighted by atomic mass is 32.2. The standard InChI is InChI=1S/C12H12O4S/c1-7-5-10-9(11(13)6-7)4-3-8(2)12(10)17(14,15)16/h3-6,13H,1-2H3,(H,14,15,16). The van der Waals surface area contributed by atoms with Crippen LogP contribution in [-0.4, -0.2) is 18.1 Å². The molecule has 2 rings (SSSR count). The van der Waals surface area contributed by atoms with Gasteiger partial charge in [0.25, 0.3) is 10.1 Å². The van der Waals surface area contributed by atoms with Crippen molar-refractivity contribution in [3.8, 4) is 5.75 Å². The van der Waals surface area contributed by atoms with Crippen molar-refractivity contribution < 1.29 is 18.1 Å². The number of phenols is 1. The third kappa shape index (κ3) is 1.99. The van der Waals surface area contributed by atoms with E-state index >= 15 is 0 Å². The van der Waals surface area contributed by atoms with Gasteiger partial charge in [0, 0.05) is 10.8 Å². The predicted octanol–water partition coefficient (Wildman–Crippen LogP) is 2.41. The molecule has 0 heterocycles. The summed E-state index contributed by atoms with van der Waals surface area (Å²) >= 11 is 0. The Bertz CT molecular complexity index is 702. The fourth-order valence-electron chi connectivity index (χ4n) is 1.98. The van der Waals surface area contributed by atoms with Gasteiger partial charge in [-0.1, -0.05) is 12.1 Å². The van der Waals surface area contributed by atoms with E-state index in [-0.39, 0.29) is 10.6 Å². The lowest BCUT2D eigenvalue weighted by Crippen LogP contribution is -2.02. The van der Waals surface area contributed by atoms with Crippen LogP contribution in [0.1, 0.15) is 11.1 Å². The number of aryl methyl sites for hydroxylation is 2. The monoisotopic (exact) mass is 252 g/mol. The molecule has 90 valence electrons. The Morgan fingerprint density at radius 1 is 1.06 bits per heavy atom. The van der Waals surface area contributed by atoms with Gasteiger partial charge < -0.3 is 5.11 Å². The van der Waals surface area contributed by atoms with Crippen molar-refractivity contribution in [3.63, 3.8) is 0 Å². The van der Waals surface area contributed by atoms with E-state index in [9.17, 15) is 18.1 Å². The van der Waals surface area contributed by atoms with Crippen LogP contribution in [0.3, 0.4) is 0 Å². The second-order valence-corrected chi connectivity index (χ2v) is 5.42. The van der Waals surface area contributed by atoms with Crippen molar-refractivity contribution in [2.45, 2.75) is 18.7 Å². The number of hydrogen-bond acceptors (Lipinski definition) is 3. The van der Waals surface area contributed by atoms with E-state index in [1.807, 2.05) is 0 Å². The predicted molar refractivity (Wildman–Crippen MR) is 64.9 cm³/mol. The zero-order chi connectivity index (χ0) is 12.8. The molecule has 0 aliphatic carbocycles. The average molecular weight is 252 g/mol. The largest absolute Gasteiger partial charge is 0.507 e. The first-order valence-electron chi connectivity index (χ1n) is 5.01. The summed E-state index contributed by atoms with van der Waals surface area (Å²) in [7, 11) is -4.30. The van der Waals surface area contributed by atoms with Crippen LogP contribution in [0.25, 0.3) is 10.8 Å². The van der Waals surface area contributed by atoms with E-state index in [0.717, 1.165) is 5.56 Å². The van der Waals surface area contributed by atoms with E-state index in [1.165, 1.54) is 0 Å². The fourth-order valence-corrected chi connectivity index (χ4v) is 2.90. The average Bonchev–Trinajstić information content (AvgIpc) is 2.13. The van der Waals surface area contributed by atoms with Crippen LogP contribution in [0.4, 0.5) is 0 Å². The summed E-state index contributed by atoms with van der Waals surface area (Å²) in [4.78, 5) is -0.144. The smallest absolute Gasteiger partial charge is 0.295 e. The Balaban J connectivity index is 3.06. The Labute approximate surface area is 99.3 Å². The first-order valence-corrected chi connectivity index (χ1v) is 6.45. The molecule has 2 N–H and O–H groups in total. The third-order valence-electron chi connectivity index (χ3n) is 2.66. The van der Waals surface area contributed by atoms with Crippen molar-refractivity contribution in [1.82, 2.24) is 0 Å². The van der Waals surface area contributed by atoms with Gasteiger partial charge in [-0.25, -0.2) is 0 Å². The summed E-state index contributed by atoms with van der Waals surface area (Å²) in [5.41, 5.74) is 1.18. The van der Waals surface area contributed by atoms with E-state index in [2.05, 4.69) is 0 Å². The maximum atomic E-state index is 11.4. The van der Waals surface area contributed by atoms with Gasteiger partial charge in [0.05, 0.1) is 0 Å². The zero-order valence-electron chi connectivity index (χ0n) is 9.43. The maximum absolute atomic E-state index is 11.4. The Hall–Kier alpha value is -1.59. The molecular weight excluding hydrogens is 240 g/mol. The van der Waals surface area contributed by atoms with Gasteiger partial charge >= 0.3 is 0 Å². The first-order chi connectivity index (χ1) is 7.80. The fraction of sp³-hybridized carbons (Fsp3) is 0.167. The van der Waals surface area contributed by atoms with Gasteiger partial charge in [0.15, 0.2) is 0 Å². The Morgan fingerprint density at radius 2 is 1.71 bits per heavy atom. The van der Waals surface area contributed by atoms with Crippen LogP contribution in [0.15, 0.2) is 29.2 Å². The highest BCUT2D eigenvalue weighted by molar-refractivity contribution is 7.86. The van der Waals surface area contributed by atoms with Crippen molar-refractivity contribution in [1.29, 1.82) is 0 Å². The molecule has 4 nitrogen and oxygen atoms in total. The molecule has 0 aliphatic heterocycles. The first kappa shape index (κ1) is 11.9. The van der Waals surface area contributed by atoms with Crippen LogP contribution in [-0.2, 0) is 10.1 Å². The highest BCUT2D eigenvalue weighted by Crippen LogP contribution is 2.32. The number of aromatic hydroxyl groups is 1. The second-order valence-electron chi connectivity index (χ2n) is 4.07. The summed E-state index contributed by atoms with van der Waals surface area (Å²) in [5, 5.41) is 10.5. The van der Waals surface area contributed by atoms with E-state index < -0.39 is 10.1 Å². The molecule has 0 unspecified atom stereocenters. The van der Waals surface area contributed by atoms with Crippen molar-refractivity contribution in [2.75, 3.05) is 0 Å². The van der Waals surface area contributed by atoms with Crippen molar-refractivity contribution >= 4 is 20.9 Å². The number of fused-ring (bicyclic) bond motifs is 1.